The second-order valence-corrected chi connectivity index (χ2v) is 6.85. The maximum atomic E-state index is 12.4. The van der Waals surface area contributed by atoms with Crippen molar-refractivity contribution in [3.63, 3.8) is 0 Å². The molecule has 0 spiro atoms. The average Bonchev–Trinajstić information content (AvgIpc) is 3.04. The first-order valence-electron chi connectivity index (χ1n) is 7.75. The lowest BCUT2D eigenvalue weighted by Gasteiger charge is -2.29. The molecule has 2 unspecified atom stereocenters. The molecule has 1 aliphatic heterocycles. The molecular formula is C16H27N3O2. The second kappa shape index (κ2) is 6.52. The fourth-order valence-electron chi connectivity index (χ4n) is 3.17. The molecule has 1 fully saturated rings. The quantitative estimate of drug-likeness (QED) is 0.781. The van der Waals surface area contributed by atoms with Gasteiger partial charge in [0.15, 0.2) is 0 Å². The van der Waals surface area contributed by atoms with E-state index in [0.717, 1.165) is 25.1 Å². The number of nitrogens with one attached hydrogen (secondary N) is 2. The van der Waals surface area contributed by atoms with Crippen LogP contribution in [-0.2, 0) is 0 Å². The van der Waals surface area contributed by atoms with E-state index in [2.05, 4.69) is 24.1 Å². The molecule has 5 nitrogen and oxygen atoms in total. The first-order valence-corrected chi connectivity index (χ1v) is 7.75. The Hall–Kier alpha value is -1.49. The van der Waals surface area contributed by atoms with Gasteiger partial charge in [0.05, 0.1) is 12.1 Å². The molecule has 0 bridgehead atoms. The third kappa shape index (κ3) is 4.24. The van der Waals surface area contributed by atoms with Crippen LogP contribution in [0.15, 0.2) is 18.3 Å². The Balaban J connectivity index is 1.91. The maximum Gasteiger partial charge on any atom is 0.317 e. The number of hydrogen-bond acceptors (Lipinski definition) is 2. The summed E-state index contributed by atoms with van der Waals surface area (Å²) >= 11 is 0. The summed E-state index contributed by atoms with van der Waals surface area (Å²) in [5.74, 6) is 0. The van der Waals surface area contributed by atoms with Gasteiger partial charge in [-0.2, -0.15) is 0 Å². The number of aliphatic hydroxyl groups excluding tert-OH is 1. The molecule has 118 valence electrons. The number of amides is 2. The van der Waals surface area contributed by atoms with Crippen molar-refractivity contribution in [2.24, 2.45) is 5.41 Å². The van der Waals surface area contributed by atoms with E-state index in [-0.39, 0.29) is 23.6 Å². The van der Waals surface area contributed by atoms with Crippen molar-refractivity contribution < 1.29 is 9.90 Å². The van der Waals surface area contributed by atoms with Crippen LogP contribution in [-0.4, -0.2) is 40.2 Å². The van der Waals surface area contributed by atoms with Gasteiger partial charge in [0.2, 0.25) is 0 Å². The highest BCUT2D eigenvalue weighted by Gasteiger charge is 2.31. The number of aromatic amines is 1. The van der Waals surface area contributed by atoms with Gasteiger partial charge in [0.1, 0.15) is 0 Å². The SMILES string of the molecule is CC(O)CC(C)(C)CNC(=O)N1CCCC1c1ccc[nH]1. The number of nitrogens with zero attached hydrogens (tertiary/aromatic N) is 1. The molecule has 0 saturated carbocycles. The zero-order valence-corrected chi connectivity index (χ0v) is 13.2. The number of aliphatic hydroxyl groups is 1. The molecule has 0 radical (unpaired) electrons. The topological polar surface area (TPSA) is 68.4 Å². The van der Waals surface area contributed by atoms with Crippen molar-refractivity contribution in [2.45, 2.75) is 52.2 Å². The van der Waals surface area contributed by atoms with Crippen LogP contribution >= 0.6 is 0 Å². The van der Waals surface area contributed by atoms with Gasteiger partial charge in [-0.15, -0.1) is 0 Å². The molecule has 0 aliphatic carbocycles. The summed E-state index contributed by atoms with van der Waals surface area (Å²) in [4.78, 5) is 17.5. The average molecular weight is 293 g/mol. The molecule has 0 aromatic carbocycles. The highest BCUT2D eigenvalue weighted by atomic mass is 16.3. The monoisotopic (exact) mass is 293 g/mol. The van der Waals surface area contributed by atoms with Crippen molar-refractivity contribution in [3.8, 4) is 0 Å². The normalized spacial score (nSPS) is 20.6. The Bertz CT molecular complexity index is 454. The van der Waals surface area contributed by atoms with Gasteiger partial charge in [-0.05, 0) is 43.7 Å². The molecule has 1 aliphatic rings. The fourth-order valence-corrected chi connectivity index (χ4v) is 3.17. The lowest BCUT2D eigenvalue weighted by atomic mass is 9.87. The van der Waals surface area contributed by atoms with Crippen LogP contribution in [0.25, 0.3) is 0 Å². The van der Waals surface area contributed by atoms with Crippen LogP contribution in [0.2, 0.25) is 0 Å². The molecule has 1 saturated heterocycles. The summed E-state index contributed by atoms with van der Waals surface area (Å²) in [6.45, 7) is 7.28. The van der Waals surface area contributed by atoms with E-state index < -0.39 is 0 Å². The van der Waals surface area contributed by atoms with E-state index in [9.17, 15) is 9.90 Å². The lowest BCUT2D eigenvalue weighted by Crippen LogP contribution is -2.43. The Morgan fingerprint density at radius 2 is 2.38 bits per heavy atom. The van der Waals surface area contributed by atoms with Gasteiger partial charge in [0, 0.05) is 25.0 Å². The molecule has 2 amide bonds. The van der Waals surface area contributed by atoms with E-state index >= 15 is 0 Å². The van der Waals surface area contributed by atoms with E-state index in [1.54, 1.807) is 6.92 Å². The van der Waals surface area contributed by atoms with Crippen molar-refractivity contribution in [2.75, 3.05) is 13.1 Å². The lowest BCUT2D eigenvalue weighted by molar-refractivity contribution is 0.126. The predicted octanol–water partition coefficient (Wildman–Crippen LogP) is 2.66. The van der Waals surface area contributed by atoms with Crippen LogP contribution in [0.1, 0.15) is 51.8 Å². The van der Waals surface area contributed by atoms with Crippen LogP contribution in [0.5, 0.6) is 0 Å². The molecule has 2 heterocycles. The van der Waals surface area contributed by atoms with E-state index in [0.29, 0.717) is 13.0 Å². The van der Waals surface area contributed by atoms with E-state index in [1.165, 1.54) is 0 Å². The molecule has 2 atom stereocenters. The van der Waals surface area contributed by atoms with Gasteiger partial charge in [-0.3, -0.25) is 0 Å². The number of H-pyrrole nitrogens is 1. The Morgan fingerprint density at radius 1 is 1.62 bits per heavy atom. The molecule has 3 N–H and O–H groups in total. The third-order valence-corrected chi connectivity index (χ3v) is 4.06. The number of hydrogen-bond donors (Lipinski definition) is 3. The first kappa shape index (κ1) is 15.9. The number of likely N-dealkylation sites (tertiary alicyclic amines) is 1. The van der Waals surface area contributed by atoms with Crippen LogP contribution < -0.4 is 5.32 Å². The van der Waals surface area contributed by atoms with Crippen molar-refractivity contribution in [1.29, 1.82) is 0 Å². The Kier molecular flexibility index (Phi) is 4.93. The van der Waals surface area contributed by atoms with Gasteiger partial charge in [0.25, 0.3) is 0 Å². The van der Waals surface area contributed by atoms with Crippen molar-refractivity contribution >= 4 is 6.03 Å². The first-order chi connectivity index (χ1) is 9.89. The molecule has 5 heteroatoms. The Morgan fingerprint density at radius 3 is 3.00 bits per heavy atom. The van der Waals surface area contributed by atoms with Gasteiger partial charge >= 0.3 is 6.03 Å². The number of carbonyl (C=O) groups is 1. The van der Waals surface area contributed by atoms with Crippen molar-refractivity contribution in [3.05, 3.63) is 24.0 Å². The standard InChI is InChI=1S/C16H27N3O2/c1-12(20)10-16(2,3)11-18-15(21)19-9-5-7-14(19)13-6-4-8-17-13/h4,6,8,12,14,17,20H,5,7,9-11H2,1-3H3,(H,18,21). The smallest absolute Gasteiger partial charge is 0.317 e. The van der Waals surface area contributed by atoms with Crippen LogP contribution in [0, 0.1) is 5.41 Å². The van der Waals surface area contributed by atoms with Gasteiger partial charge < -0.3 is 20.3 Å². The van der Waals surface area contributed by atoms with Crippen molar-refractivity contribution in [1.82, 2.24) is 15.2 Å². The van der Waals surface area contributed by atoms with E-state index in [1.807, 2.05) is 23.2 Å². The summed E-state index contributed by atoms with van der Waals surface area (Å²) in [7, 11) is 0. The largest absolute Gasteiger partial charge is 0.393 e. The number of aromatic nitrogens is 1. The summed E-state index contributed by atoms with van der Waals surface area (Å²) < 4.78 is 0. The highest BCUT2D eigenvalue weighted by molar-refractivity contribution is 5.75. The molecule has 1 aromatic heterocycles. The predicted molar refractivity (Wildman–Crippen MR) is 83.0 cm³/mol. The summed E-state index contributed by atoms with van der Waals surface area (Å²) in [6, 6.07) is 4.15. The second-order valence-electron chi connectivity index (χ2n) is 6.85. The number of rotatable bonds is 5. The number of urea groups is 1. The molecular weight excluding hydrogens is 266 g/mol. The van der Waals surface area contributed by atoms with Gasteiger partial charge in [-0.1, -0.05) is 13.8 Å². The minimum Gasteiger partial charge on any atom is -0.393 e. The minimum absolute atomic E-state index is 0.00855. The summed E-state index contributed by atoms with van der Waals surface area (Å²) in [5.41, 5.74) is 0.997. The van der Waals surface area contributed by atoms with Crippen LogP contribution in [0.4, 0.5) is 4.79 Å². The van der Waals surface area contributed by atoms with E-state index in [4.69, 9.17) is 0 Å². The maximum absolute atomic E-state index is 12.4. The van der Waals surface area contributed by atoms with Gasteiger partial charge in [-0.25, -0.2) is 4.79 Å². The molecule has 21 heavy (non-hydrogen) atoms. The summed E-state index contributed by atoms with van der Waals surface area (Å²) in [6.07, 6.45) is 4.26. The zero-order valence-electron chi connectivity index (χ0n) is 13.2. The highest BCUT2D eigenvalue weighted by Crippen LogP contribution is 2.31. The Labute approximate surface area is 126 Å². The fraction of sp³-hybridized carbons (Fsp3) is 0.688. The third-order valence-electron chi connectivity index (χ3n) is 4.06. The minimum atomic E-state index is -0.352. The molecule has 1 aromatic rings. The summed E-state index contributed by atoms with van der Waals surface area (Å²) in [5, 5.41) is 12.5. The number of carbonyl (C=O) groups excluding carboxylic acids is 1. The molecule has 2 rings (SSSR count). The van der Waals surface area contributed by atoms with Crippen LogP contribution in [0.3, 0.4) is 0 Å². The zero-order chi connectivity index (χ0) is 15.5.